The van der Waals surface area contributed by atoms with Gasteiger partial charge in [0, 0.05) is 12.4 Å². The first-order valence-electron chi connectivity index (χ1n) is 5.39. The lowest BCUT2D eigenvalue weighted by Crippen LogP contribution is -2.03. The van der Waals surface area contributed by atoms with Gasteiger partial charge in [0.2, 0.25) is 0 Å². The van der Waals surface area contributed by atoms with Gasteiger partial charge in [-0.05, 0) is 18.1 Å². The molecule has 0 unspecified atom stereocenters. The quantitative estimate of drug-likeness (QED) is 0.795. The van der Waals surface area contributed by atoms with Crippen LogP contribution in [0.4, 0.5) is 0 Å². The Labute approximate surface area is 109 Å². The van der Waals surface area contributed by atoms with Crippen molar-refractivity contribution in [2.24, 2.45) is 0 Å². The summed E-state index contributed by atoms with van der Waals surface area (Å²) in [5, 5.41) is 8.90. The van der Waals surface area contributed by atoms with Crippen LogP contribution in [0.1, 0.15) is 11.3 Å². The van der Waals surface area contributed by atoms with Crippen molar-refractivity contribution < 1.29 is 4.74 Å². The monoisotopic (exact) mass is 295 g/mol. The van der Waals surface area contributed by atoms with Crippen LogP contribution in [0.2, 0.25) is 0 Å². The standard InChI is InChI=1S/C12H14BrN3O/c1-17-7-6-10-4-2-3-5-12(10)16-9-11(8-13)14-15-16/h2-5,9H,6-8H2,1H3. The molecule has 0 fully saturated rings. The largest absolute Gasteiger partial charge is 0.384 e. The number of hydrogen-bond donors (Lipinski definition) is 0. The summed E-state index contributed by atoms with van der Waals surface area (Å²) in [4.78, 5) is 0. The molecule has 0 atom stereocenters. The Bertz CT molecular complexity index is 484. The molecule has 4 nitrogen and oxygen atoms in total. The molecule has 0 aliphatic rings. The number of alkyl halides is 1. The van der Waals surface area contributed by atoms with Gasteiger partial charge in [0.25, 0.3) is 0 Å². The topological polar surface area (TPSA) is 39.9 Å². The lowest BCUT2D eigenvalue weighted by Gasteiger charge is -2.07. The second-order valence-electron chi connectivity index (χ2n) is 3.66. The maximum absolute atomic E-state index is 5.11. The third-order valence-corrected chi connectivity index (χ3v) is 3.07. The number of hydrogen-bond acceptors (Lipinski definition) is 3. The Morgan fingerprint density at radius 1 is 1.35 bits per heavy atom. The van der Waals surface area contributed by atoms with Gasteiger partial charge in [0.05, 0.1) is 24.2 Å². The van der Waals surface area contributed by atoms with Crippen molar-refractivity contribution >= 4 is 15.9 Å². The summed E-state index contributed by atoms with van der Waals surface area (Å²) < 4.78 is 6.92. The number of ether oxygens (including phenoxy) is 1. The molecule has 0 saturated heterocycles. The van der Waals surface area contributed by atoms with Crippen molar-refractivity contribution in [2.45, 2.75) is 11.8 Å². The van der Waals surface area contributed by atoms with E-state index < -0.39 is 0 Å². The van der Waals surface area contributed by atoms with Crippen molar-refractivity contribution in [3.05, 3.63) is 41.7 Å². The fraction of sp³-hybridized carbons (Fsp3) is 0.333. The maximum Gasteiger partial charge on any atom is 0.0937 e. The van der Waals surface area contributed by atoms with Gasteiger partial charge in [-0.25, -0.2) is 4.68 Å². The van der Waals surface area contributed by atoms with E-state index in [0.717, 1.165) is 17.8 Å². The lowest BCUT2D eigenvalue weighted by molar-refractivity contribution is 0.202. The molecule has 0 aliphatic heterocycles. The first-order valence-corrected chi connectivity index (χ1v) is 6.51. The highest BCUT2D eigenvalue weighted by atomic mass is 79.9. The second-order valence-corrected chi connectivity index (χ2v) is 4.22. The van der Waals surface area contributed by atoms with Gasteiger partial charge in [-0.15, -0.1) is 5.10 Å². The van der Waals surface area contributed by atoms with Crippen LogP contribution < -0.4 is 0 Å². The van der Waals surface area contributed by atoms with E-state index >= 15 is 0 Å². The highest BCUT2D eigenvalue weighted by Crippen LogP contribution is 2.15. The molecule has 2 rings (SSSR count). The van der Waals surface area contributed by atoms with Crippen molar-refractivity contribution in [1.82, 2.24) is 15.0 Å². The molecule has 90 valence electrons. The van der Waals surface area contributed by atoms with Crippen molar-refractivity contribution in [2.75, 3.05) is 13.7 Å². The Hall–Kier alpha value is -1.20. The average Bonchev–Trinajstić information content (AvgIpc) is 2.85. The van der Waals surface area contributed by atoms with Gasteiger partial charge in [0.1, 0.15) is 0 Å². The fourth-order valence-corrected chi connectivity index (χ4v) is 1.89. The number of aromatic nitrogens is 3. The second kappa shape index (κ2) is 5.93. The molecule has 1 aromatic carbocycles. The summed E-state index contributed by atoms with van der Waals surface area (Å²) in [6, 6.07) is 8.15. The Morgan fingerprint density at radius 3 is 2.88 bits per heavy atom. The van der Waals surface area contributed by atoms with E-state index in [0.29, 0.717) is 11.9 Å². The molecular weight excluding hydrogens is 282 g/mol. The summed E-state index contributed by atoms with van der Waals surface area (Å²) >= 11 is 3.37. The number of rotatable bonds is 5. The number of nitrogens with zero attached hydrogens (tertiary/aromatic N) is 3. The van der Waals surface area contributed by atoms with Crippen molar-refractivity contribution in [1.29, 1.82) is 0 Å². The zero-order valence-corrected chi connectivity index (χ0v) is 11.2. The first kappa shape index (κ1) is 12.3. The Kier molecular flexibility index (Phi) is 4.28. The first-order chi connectivity index (χ1) is 8.35. The molecule has 0 saturated carbocycles. The Morgan fingerprint density at radius 2 is 2.18 bits per heavy atom. The molecule has 0 aliphatic carbocycles. The molecule has 1 aromatic heterocycles. The van der Waals surface area contributed by atoms with Crippen molar-refractivity contribution in [3.63, 3.8) is 0 Å². The number of methoxy groups -OCH3 is 1. The molecule has 2 aromatic rings. The van der Waals surface area contributed by atoms with E-state index in [2.05, 4.69) is 32.3 Å². The van der Waals surface area contributed by atoms with Gasteiger partial charge >= 0.3 is 0 Å². The molecule has 1 heterocycles. The van der Waals surface area contributed by atoms with Crippen LogP contribution in [-0.2, 0) is 16.5 Å². The molecule has 0 radical (unpaired) electrons. The summed E-state index contributed by atoms with van der Waals surface area (Å²) in [7, 11) is 1.71. The fourth-order valence-electron chi connectivity index (χ4n) is 1.64. The zero-order chi connectivity index (χ0) is 12.1. The molecule has 5 heteroatoms. The summed E-state index contributed by atoms with van der Waals surface area (Å²) in [5.74, 6) is 0. The normalized spacial score (nSPS) is 10.7. The van der Waals surface area contributed by atoms with Crippen LogP contribution in [0.15, 0.2) is 30.5 Å². The third kappa shape index (κ3) is 2.92. The van der Waals surface area contributed by atoms with Crippen LogP contribution >= 0.6 is 15.9 Å². The van der Waals surface area contributed by atoms with E-state index in [9.17, 15) is 0 Å². The summed E-state index contributed by atoms with van der Waals surface area (Å²) in [5.41, 5.74) is 3.19. The highest BCUT2D eigenvalue weighted by Gasteiger charge is 2.06. The minimum atomic E-state index is 0.705. The number of benzene rings is 1. The van der Waals surface area contributed by atoms with E-state index in [1.807, 2.05) is 29.1 Å². The smallest absolute Gasteiger partial charge is 0.0937 e. The van der Waals surface area contributed by atoms with E-state index in [1.54, 1.807) is 7.11 Å². The lowest BCUT2D eigenvalue weighted by atomic mass is 10.1. The molecule has 0 spiro atoms. The van der Waals surface area contributed by atoms with Crippen LogP contribution in [0, 0.1) is 0 Å². The molecule has 0 N–H and O–H groups in total. The van der Waals surface area contributed by atoms with Gasteiger partial charge in [-0.1, -0.05) is 39.3 Å². The van der Waals surface area contributed by atoms with Gasteiger partial charge in [0.15, 0.2) is 0 Å². The highest BCUT2D eigenvalue weighted by molar-refractivity contribution is 9.08. The average molecular weight is 296 g/mol. The number of para-hydroxylation sites is 1. The minimum absolute atomic E-state index is 0.705. The summed E-state index contributed by atoms with van der Waals surface area (Å²) in [6.07, 6.45) is 2.80. The molecule has 17 heavy (non-hydrogen) atoms. The molecule has 0 bridgehead atoms. The maximum atomic E-state index is 5.11. The van der Waals surface area contributed by atoms with Crippen LogP contribution in [-0.4, -0.2) is 28.7 Å². The van der Waals surface area contributed by atoms with Crippen LogP contribution in [0.5, 0.6) is 0 Å². The van der Waals surface area contributed by atoms with Gasteiger partial charge in [-0.3, -0.25) is 0 Å². The minimum Gasteiger partial charge on any atom is -0.384 e. The Balaban J connectivity index is 2.30. The summed E-state index contributed by atoms with van der Waals surface area (Å²) in [6.45, 7) is 0.705. The predicted octanol–water partition coefficient (Wildman–Crippen LogP) is 2.35. The van der Waals surface area contributed by atoms with Gasteiger partial charge in [-0.2, -0.15) is 0 Å². The van der Waals surface area contributed by atoms with Crippen LogP contribution in [0.3, 0.4) is 0 Å². The molecular formula is C12H14BrN3O. The van der Waals surface area contributed by atoms with Gasteiger partial charge < -0.3 is 4.74 Å². The van der Waals surface area contributed by atoms with Crippen molar-refractivity contribution in [3.8, 4) is 5.69 Å². The van der Waals surface area contributed by atoms with E-state index in [4.69, 9.17) is 4.74 Å². The zero-order valence-electron chi connectivity index (χ0n) is 9.64. The number of halogens is 1. The third-order valence-electron chi connectivity index (χ3n) is 2.49. The predicted molar refractivity (Wildman–Crippen MR) is 69.6 cm³/mol. The van der Waals surface area contributed by atoms with E-state index in [-0.39, 0.29) is 0 Å². The molecule has 0 amide bonds. The SMILES string of the molecule is COCCc1ccccc1-n1cc(CBr)nn1. The van der Waals surface area contributed by atoms with Crippen LogP contribution in [0.25, 0.3) is 5.69 Å². The van der Waals surface area contributed by atoms with E-state index in [1.165, 1.54) is 5.56 Å².